The highest BCUT2D eigenvalue weighted by molar-refractivity contribution is 5.75. The van der Waals surface area contributed by atoms with Crippen molar-refractivity contribution in [3.8, 4) is 0 Å². The van der Waals surface area contributed by atoms with Gasteiger partial charge in [0.15, 0.2) is 6.29 Å². The van der Waals surface area contributed by atoms with E-state index in [1.165, 1.54) is 0 Å². The Morgan fingerprint density at radius 2 is 1.97 bits per heavy atom. The molecule has 11 unspecified atom stereocenters. The quantitative estimate of drug-likeness (QED) is 0.293. The van der Waals surface area contributed by atoms with Crippen LogP contribution < -0.4 is 0 Å². The highest BCUT2D eigenvalue weighted by Gasteiger charge is 2.56. The molecule has 2 saturated heterocycles. The second-order valence-corrected chi connectivity index (χ2v) is 9.51. The normalized spacial score (nSPS) is 52.6. The van der Waals surface area contributed by atoms with Crippen molar-refractivity contribution < 1.29 is 39.4 Å². The lowest BCUT2D eigenvalue weighted by Gasteiger charge is -2.52. The number of ether oxygens (including phenoxy) is 3. The molecule has 0 aromatic carbocycles. The average molecular weight is 412 g/mol. The van der Waals surface area contributed by atoms with Crippen molar-refractivity contribution in [1.82, 2.24) is 0 Å². The monoisotopic (exact) mass is 412 g/mol. The summed E-state index contributed by atoms with van der Waals surface area (Å²) in [4.78, 5) is 12.0. The Kier molecular flexibility index (Phi) is 5.55. The number of carbonyl (C=O) groups excluding carboxylic acids is 1. The second-order valence-electron chi connectivity index (χ2n) is 9.51. The van der Waals surface area contributed by atoms with E-state index in [1.54, 1.807) is 0 Å². The third kappa shape index (κ3) is 3.43. The maximum absolute atomic E-state index is 12.0. The van der Waals surface area contributed by atoms with Crippen LogP contribution in [0.1, 0.15) is 39.5 Å². The van der Waals surface area contributed by atoms with Gasteiger partial charge in [-0.15, -0.1) is 0 Å². The third-order valence-electron chi connectivity index (χ3n) is 7.76. The number of esters is 1. The van der Waals surface area contributed by atoms with Crippen molar-refractivity contribution in [3.63, 3.8) is 0 Å². The molecule has 2 heterocycles. The fourth-order valence-electron chi connectivity index (χ4n) is 5.79. The van der Waals surface area contributed by atoms with Gasteiger partial charge >= 0.3 is 5.97 Å². The Morgan fingerprint density at radius 3 is 2.66 bits per heavy atom. The Bertz CT molecular complexity index is 665. The molecule has 164 valence electrons. The molecule has 0 radical (unpaired) electrons. The van der Waals surface area contributed by atoms with Gasteiger partial charge in [-0.1, -0.05) is 20.4 Å². The fraction of sp³-hybridized carbons (Fsp3) is 0.857. The summed E-state index contributed by atoms with van der Waals surface area (Å²) in [6, 6.07) is 0. The smallest absolute Gasteiger partial charge is 0.309 e. The van der Waals surface area contributed by atoms with Crippen LogP contribution in [0.15, 0.2) is 12.2 Å². The molecule has 8 nitrogen and oxygen atoms in total. The minimum Gasteiger partial charge on any atom is -0.462 e. The van der Waals surface area contributed by atoms with Crippen molar-refractivity contribution in [2.45, 2.75) is 82.4 Å². The molecule has 11 atom stereocenters. The van der Waals surface area contributed by atoms with Gasteiger partial charge in [-0.2, -0.15) is 0 Å². The standard InChI is InChI=1S/C21H32O8/c1-9-11-6-12-10(2)13(4-5-21(12,3)7-14(11)27-19(9)26)28-20-18(25)17(24)16(23)15(8-22)29-20/h9,11-18,20,22-25H,2,4-8H2,1,3H3. The van der Waals surface area contributed by atoms with Gasteiger partial charge in [0.25, 0.3) is 0 Å². The Balaban J connectivity index is 1.47. The summed E-state index contributed by atoms with van der Waals surface area (Å²) in [7, 11) is 0. The number of aliphatic hydroxyl groups is 4. The fourth-order valence-corrected chi connectivity index (χ4v) is 5.79. The van der Waals surface area contributed by atoms with E-state index in [1.807, 2.05) is 6.92 Å². The topological polar surface area (TPSA) is 126 Å². The number of rotatable bonds is 3. The van der Waals surface area contributed by atoms with E-state index < -0.39 is 37.3 Å². The van der Waals surface area contributed by atoms with E-state index in [-0.39, 0.29) is 41.3 Å². The van der Waals surface area contributed by atoms with E-state index in [0.29, 0.717) is 6.42 Å². The molecule has 0 aromatic heterocycles. The van der Waals surface area contributed by atoms with Gasteiger partial charge in [-0.3, -0.25) is 4.79 Å². The van der Waals surface area contributed by atoms with Gasteiger partial charge in [0.1, 0.15) is 30.5 Å². The molecule has 4 aliphatic rings. The predicted octanol–water partition coefficient (Wildman–Crippen LogP) is 0.115. The zero-order chi connectivity index (χ0) is 21.1. The third-order valence-corrected chi connectivity index (χ3v) is 7.76. The molecule has 4 fully saturated rings. The van der Waals surface area contributed by atoms with E-state index in [9.17, 15) is 25.2 Å². The number of hydrogen-bond acceptors (Lipinski definition) is 8. The average Bonchev–Trinajstić information content (AvgIpc) is 2.95. The molecule has 2 aliphatic carbocycles. The highest BCUT2D eigenvalue weighted by atomic mass is 16.7. The van der Waals surface area contributed by atoms with Crippen LogP contribution in [0.5, 0.6) is 0 Å². The molecule has 0 aromatic rings. The molecule has 0 amide bonds. The SMILES string of the molecule is C=C1C(OC2OC(CO)C(O)C(O)C2O)CCC2(C)CC3OC(=O)C(C)C3CC12. The summed E-state index contributed by atoms with van der Waals surface area (Å²) >= 11 is 0. The van der Waals surface area contributed by atoms with Crippen LogP contribution in [0, 0.1) is 23.2 Å². The summed E-state index contributed by atoms with van der Waals surface area (Å²) in [6.07, 6.45) is -3.74. The number of hydrogen-bond donors (Lipinski definition) is 4. The van der Waals surface area contributed by atoms with Crippen molar-refractivity contribution >= 4 is 5.97 Å². The zero-order valence-electron chi connectivity index (χ0n) is 16.9. The molecule has 0 bridgehead atoms. The van der Waals surface area contributed by atoms with Crippen LogP contribution >= 0.6 is 0 Å². The molecular weight excluding hydrogens is 380 g/mol. The van der Waals surface area contributed by atoms with Crippen LogP contribution in [-0.4, -0.2) is 75.9 Å². The highest BCUT2D eigenvalue weighted by Crippen LogP contribution is 2.57. The molecule has 4 N–H and O–H groups in total. The molecule has 4 rings (SSSR count). The number of aliphatic hydroxyl groups excluding tert-OH is 4. The van der Waals surface area contributed by atoms with Gasteiger partial charge in [-0.05, 0) is 42.6 Å². The predicted molar refractivity (Wildman–Crippen MR) is 100 cm³/mol. The van der Waals surface area contributed by atoms with E-state index in [4.69, 9.17) is 14.2 Å². The lowest BCUT2D eigenvalue weighted by atomic mass is 9.55. The van der Waals surface area contributed by atoms with Crippen molar-refractivity contribution in [2.24, 2.45) is 23.2 Å². The maximum Gasteiger partial charge on any atom is 0.309 e. The minimum atomic E-state index is -1.47. The molecule has 2 saturated carbocycles. The van der Waals surface area contributed by atoms with Gasteiger partial charge in [-0.25, -0.2) is 0 Å². The van der Waals surface area contributed by atoms with E-state index in [2.05, 4.69) is 13.5 Å². The lowest BCUT2D eigenvalue weighted by molar-refractivity contribution is -0.311. The zero-order valence-corrected chi connectivity index (χ0v) is 16.9. The number of carbonyl (C=O) groups is 1. The summed E-state index contributed by atoms with van der Waals surface area (Å²) in [5.74, 6) is 0.0822. The molecule has 8 heteroatoms. The Morgan fingerprint density at radius 1 is 1.24 bits per heavy atom. The summed E-state index contributed by atoms with van der Waals surface area (Å²) < 4.78 is 17.1. The second kappa shape index (κ2) is 7.59. The maximum atomic E-state index is 12.0. The van der Waals surface area contributed by atoms with E-state index >= 15 is 0 Å². The summed E-state index contributed by atoms with van der Waals surface area (Å²) in [6.45, 7) is 7.93. The van der Waals surface area contributed by atoms with Crippen LogP contribution in [-0.2, 0) is 19.0 Å². The van der Waals surface area contributed by atoms with Crippen molar-refractivity contribution in [3.05, 3.63) is 12.2 Å². The van der Waals surface area contributed by atoms with Gasteiger partial charge in [0, 0.05) is 5.92 Å². The number of fused-ring (bicyclic) bond motifs is 2. The van der Waals surface area contributed by atoms with Crippen molar-refractivity contribution in [2.75, 3.05) is 6.61 Å². The Labute approximate surface area is 170 Å². The van der Waals surface area contributed by atoms with Gasteiger partial charge in [0.05, 0.1) is 18.6 Å². The van der Waals surface area contributed by atoms with Gasteiger partial charge in [0.2, 0.25) is 0 Å². The van der Waals surface area contributed by atoms with Crippen LogP contribution in [0.3, 0.4) is 0 Å². The molecular formula is C21H32O8. The first-order valence-corrected chi connectivity index (χ1v) is 10.5. The molecule has 2 aliphatic heterocycles. The first-order chi connectivity index (χ1) is 13.7. The van der Waals surface area contributed by atoms with Gasteiger partial charge < -0.3 is 34.6 Å². The minimum absolute atomic E-state index is 0.0299. The van der Waals surface area contributed by atoms with Crippen LogP contribution in [0.25, 0.3) is 0 Å². The first kappa shape index (κ1) is 21.2. The Hall–Kier alpha value is -1.03. The first-order valence-electron chi connectivity index (χ1n) is 10.5. The largest absolute Gasteiger partial charge is 0.462 e. The van der Waals surface area contributed by atoms with Crippen LogP contribution in [0.2, 0.25) is 0 Å². The summed E-state index contributed by atoms with van der Waals surface area (Å²) in [5.41, 5.74) is 0.874. The molecule has 29 heavy (non-hydrogen) atoms. The lowest BCUT2D eigenvalue weighted by Crippen LogP contribution is -2.60. The summed E-state index contributed by atoms with van der Waals surface area (Å²) in [5, 5.41) is 39.6. The van der Waals surface area contributed by atoms with E-state index in [0.717, 1.165) is 24.8 Å². The van der Waals surface area contributed by atoms with Crippen LogP contribution in [0.4, 0.5) is 0 Å². The van der Waals surface area contributed by atoms with Crippen molar-refractivity contribution in [1.29, 1.82) is 0 Å². The molecule has 0 spiro atoms.